The monoisotopic (exact) mass is 285 g/mol. The predicted octanol–water partition coefficient (Wildman–Crippen LogP) is 1.97. The third kappa shape index (κ3) is 5.00. The summed E-state index contributed by atoms with van der Waals surface area (Å²) in [5.41, 5.74) is 0.646. The molecule has 1 amide bonds. The Labute approximate surface area is 116 Å². The number of amides is 1. The molecule has 19 heavy (non-hydrogen) atoms. The summed E-state index contributed by atoms with van der Waals surface area (Å²) in [5, 5.41) is 11.5. The van der Waals surface area contributed by atoms with Crippen molar-refractivity contribution in [2.45, 2.75) is 33.3 Å². The van der Waals surface area contributed by atoms with Crippen LogP contribution in [0, 0.1) is 13.8 Å². The van der Waals surface area contributed by atoms with Gasteiger partial charge in [0.05, 0.1) is 18.1 Å². The van der Waals surface area contributed by atoms with Gasteiger partial charge in [-0.2, -0.15) is 0 Å². The smallest absolute Gasteiger partial charge is 0.306 e. The normalized spacial score (nSPS) is 12.2. The van der Waals surface area contributed by atoms with E-state index in [0.29, 0.717) is 12.2 Å². The summed E-state index contributed by atoms with van der Waals surface area (Å²) in [5.74, 6) is -1.12. The van der Waals surface area contributed by atoms with Gasteiger partial charge in [-0.05, 0) is 26.8 Å². The number of hydrogen-bond donors (Lipinski definition) is 2. The van der Waals surface area contributed by atoms with Crippen LogP contribution < -0.4 is 5.32 Å². The Bertz CT molecular complexity index is 455. The topological polar surface area (TPSA) is 75.6 Å². The first-order valence-corrected chi connectivity index (χ1v) is 6.94. The van der Waals surface area contributed by atoms with Gasteiger partial charge in [0.1, 0.15) is 0 Å². The minimum Gasteiger partial charge on any atom is -0.481 e. The van der Waals surface area contributed by atoms with Gasteiger partial charge in [-0.15, -0.1) is 11.3 Å². The predicted molar refractivity (Wildman–Crippen MR) is 73.8 cm³/mol. The van der Waals surface area contributed by atoms with Crippen molar-refractivity contribution in [1.29, 1.82) is 0 Å². The van der Waals surface area contributed by atoms with E-state index >= 15 is 0 Å². The van der Waals surface area contributed by atoms with E-state index in [0.717, 1.165) is 9.75 Å². The summed E-state index contributed by atoms with van der Waals surface area (Å²) in [6, 6.07) is 1.84. The van der Waals surface area contributed by atoms with Gasteiger partial charge in [0, 0.05) is 22.9 Å². The van der Waals surface area contributed by atoms with Gasteiger partial charge < -0.3 is 15.2 Å². The van der Waals surface area contributed by atoms with Gasteiger partial charge in [0.2, 0.25) is 0 Å². The van der Waals surface area contributed by atoms with Crippen LogP contribution in [0.4, 0.5) is 0 Å². The summed E-state index contributed by atoms with van der Waals surface area (Å²) in [4.78, 5) is 24.7. The molecule has 1 unspecified atom stereocenters. The van der Waals surface area contributed by atoms with E-state index < -0.39 is 12.1 Å². The van der Waals surface area contributed by atoms with Crippen molar-refractivity contribution in [3.63, 3.8) is 0 Å². The largest absolute Gasteiger partial charge is 0.481 e. The summed E-state index contributed by atoms with van der Waals surface area (Å²) in [7, 11) is 0. The first kappa shape index (κ1) is 15.7. The zero-order valence-electron chi connectivity index (χ0n) is 11.4. The minimum absolute atomic E-state index is 0.115. The van der Waals surface area contributed by atoms with Crippen molar-refractivity contribution in [2.24, 2.45) is 0 Å². The molecular formula is C13H19NO4S. The molecule has 0 saturated heterocycles. The summed E-state index contributed by atoms with van der Waals surface area (Å²) in [6.07, 6.45) is -0.609. The molecule has 106 valence electrons. The van der Waals surface area contributed by atoms with Gasteiger partial charge in [0.25, 0.3) is 5.91 Å². The van der Waals surface area contributed by atoms with E-state index in [2.05, 4.69) is 5.32 Å². The molecule has 0 bridgehead atoms. The quantitative estimate of drug-likeness (QED) is 0.803. The molecule has 6 heteroatoms. The van der Waals surface area contributed by atoms with Crippen LogP contribution in [0.2, 0.25) is 0 Å². The highest BCUT2D eigenvalue weighted by Crippen LogP contribution is 2.20. The van der Waals surface area contributed by atoms with Gasteiger partial charge >= 0.3 is 5.97 Å². The van der Waals surface area contributed by atoms with E-state index in [1.54, 1.807) is 18.3 Å². The zero-order chi connectivity index (χ0) is 14.4. The van der Waals surface area contributed by atoms with Crippen LogP contribution in [-0.2, 0) is 9.53 Å². The molecule has 1 aromatic heterocycles. The van der Waals surface area contributed by atoms with Crippen LogP contribution in [0.25, 0.3) is 0 Å². The second-order valence-electron chi connectivity index (χ2n) is 4.21. The number of ether oxygens (including phenoxy) is 1. The molecule has 0 radical (unpaired) electrons. The van der Waals surface area contributed by atoms with Gasteiger partial charge in [-0.1, -0.05) is 0 Å². The number of aryl methyl sites for hydroxylation is 2. The summed E-state index contributed by atoms with van der Waals surface area (Å²) >= 11 is 1.57. The van der Waals surface area contributed by atoms with Crippen molar-refractivity contribution in [1.82, 2.24) is 5.32 Å². The molecule has 1 atom stereocenters. The minimum atomic E-state index is -0.935. The lowest BCUT2D eigenvalue weighted by atomic mass is 10.2. The maximum absolute atomic E-state index is 12.0. The molecule has 1 aromatic rings. The fourth-order valence-electron chi connectivity index (χ4n) is 1.78. The van der Waals surface area contributed by atoms with E-state index in [4.69, 9.17) is 9.84 Å². The molecule has 5 nitrogen and oxygen atoms in total. The van der Waals surface area contributed by atoms with Crippen LogP contribution in [0.15, 0.2) is 6.07 Å². The number of carboxylic acids is 1. The van der Waals surface area contributed by atoms with Crippen molar-refractivity contribution in [3.8, 4) is 0 Å². The number of thiophene rings is 1. The lowest BCUT2D eigenvalue weighted by Crippen LogP contribution is -2.35. The van der Waals surface area contributed by atoms with Gasteiger partial charge in [0.15, 0.2) is 0 Å². The molecule has 0 saturated carbocycles. The molecule has 1 heterocycles. The molecule has 2 N–H and O–H groups in total. The highest BCUT2D eigenvalue weighted by Gasteiger charge is 2.17. The van der Waals surface area contributed by atoms with Crippen molar-refractivity contribution in [3.05, 3.63) is 21.4 Å². The van der Waals surface area contributed by atoms with Gasteiger partial charge in [-0.25, -0.2) is 0 Å². The molecule has 0 aliphatic rings. The average molecular weight is 285 g/mol. The van der Waals surface area contributed by atoms with E-state index in [1.165, 1.54) is 0 Å². The maximum Gasteiger partial charge on any atom is 0.306 e. The SMILES string of the molecule is CCOC(CNC(=O)c1cc(C)sc1C)CC(=O)O. The number of carbonyl (C=O) groups excluding carboxylic acids is 1. The lowest BCUT2D eigenvalue weighted by Gasteiger charge is -2.15. The third-order valence-corrected chi connectivity index (χ3v) is 3.55. The van der Waals surface area contributed by atoms with Crippen LogP contribution in [0.3, 0.4) is 0 Å². The molecular weight excluding hydrogens is 266 g/mol. The molecule has 0 aromatic carbocycles. The standard InChI is InChI=1S/C13H19NO4S/c1-4-18-10(6-12(15)16)7-14-13(17)11-5-8(2)19-9(11)3/h5,10H,4,6-7H2,1-3H3,(H,14,17)(H,15,16). The maximum atomic E-state index is 12.0. The average Bonchev–Trinajstić information content (AvgIpc) is 2.64. The Hall–Kier alpha value is -1.40. The number of hydrogen-bond acceptors (Lipinski definition) is 4. The molecule has 0 aliphatic heterocycles. The van der Waals surface area contributed by atoms with E-state index in [9.17, 15) is 9.59 Å². The van der Waals surface area contributed by atoms with E-state index in [1.807, 2.05) is 19.9 Å². The number of carboxylic acid groups (broad SMARTS) is 1. The highest BCUT2D eigenvalue weighted by molar-refractivity contribution is 7.12. The number of rotatable bonds is 7. The fraction of sp³-hybridized carbons (Fsp3) is 0.538. The Morgan fingerprint density at radius 1 is 1.47 bits per heavy atom. The second-order valence-corrected chi connectivity index (χ2v) is 5.67. The Morgan fingerprint density at radius 3 is 2.63 bits per heavy atom. The van der Waals surface area contributed by atoms with Crippen LogP contribution >= 0.6 is 11.3 Å². The molecule has 0 aliphatic carbocycles. The number of carbonyl (C=O) groups is 2. The van der Waals surface area contributed by atoms with Crippen LogP contribution in [0.5, 0.6) is 0 Å². The van der Waals surface area contributed by atoms with Gasteiger partial charge in [-0.3, -0.25) is 9.59 Å². The zero-order valence-corrected chi connectivity index (χ0v) is 12.2. The second kappa shape index (κ2) is 7.25. The van der Waals surface area contributed by atoms with Crippen LogP contribution in [0.1, 0.15) is 33.5 Å². The number of aliphatic carboxylic acids is 1. The van der Waals surface area contributed by atoms with Crippen molar-refractivity contribution < 1.29 is 19.4 Å². The Balaban J connectivity index is 2.56. The van der Waals surface area contributed by atoms with Crippen molar-refractivity contribution >= 4 is 23.2 Å². The fourth-order valence-corrected chi connectivity index (χ4v) is 2.70. The molecule has 0 fully saturated rings. The highest BCUT2D eigenvalue weighted by atomic mass is 32.1. The summed E-state index contributed by atoms with van der Waals surface area (Å²) < 4.78 is 5.28. The molecule has 1 rings (SSSR count). The summed E-state index contributed by atoms with van der Waals surface area (Å²) in [6.45, 7) is 6.26. The lowest BCUT2D eigenvalue weighted by molar-refractivity contribution is -0.140. The Morgan fingerprint density at radius 2 is 2.16 bits per heavy atom. The Kier molecular flexibility index (Phi) is 5.98. The third-order valence-electron chi connectivity index (χ3n) is 2.58. The van der Waals surface area contributed by atoms with E-state index in [-0.39, 0.29) is 18.9 Å². The number of nitrogens with one attached hydrogen (secondary N) is 1. The first-order valence-electron chi connectivity index (χ1n) is 6.12. The van der Waals surface area contributed by atoms with Crippen LogP contribution in [-0.4, -0.2) is 36.2 Å². The van der Waals surface area contributed by atoms with Crippen molar-refractivity contribution in [2.75, 3.05) is 13.2 Å². The molecule has 0 spiro atoms. The first-order chi connectivity index (χ1) is 8.93.